The standard InChI is InChI=1S/C25H30FN3O10S/c1-12(30)27-21-18(29-25(40)28-17-9-7-6-8-16(17)26)10-19(24(34)35-5)39-23(21)22(38-15(4)33)20(37-14(3)32)11-36-13(2)31/h6-10,18,20-23H,11H2,1-5H3,(H,27,30)(H2,28,29,40)/t18-,20+,21+,22+,23+/m0/s1. The van der Waals surface area contributed by atoms with E-state index in [1.54, 1.807) is 6.07 Å². The molecule has 2 rings (SSSR count). The van der Waals surface area contributed by atoms with Gasteiger partial charge in [-0.05, 0) is 30.4 Å². The molecule has 1 aliphatic rings. The molecule has 1 heterocycles. The van der Waals surface area contributed by atoms with Crippen molar-refractivity contribution in [1.82, 2.24) is 10.6 Å². The lowest BCUT2D eigenvalue weighted by Gasteiger charge is -2.42. The molecule has 218 valence electrons. The molecule has 1 aromatic carbocycles. The van der Waals surface area contributed by atoms with Crippen LogP contribution < -0.4 is 16.0 Å². The third-order valence-electron chi connectivity index (χ3n) is 5.27. The summed E-state index contributed by atoms with van der Waals surface area (Å²) < 4.78 is 40.5. The molecule has 0 radical (unpaired) electrons. The van der Waals surface area contributed by atoms with Crippen LogP contribution in [0.3, 0.4) is 0 Å². The second-order valence-electron chi connectivity index (χ2n) is 8.46. The van der Waals surface area contributed by atoms with Gasteiger partial charge < -0.3 is 39.6 Å². The Morgan fingerprint density at radius 1 is 1.00 bits per heavy atom. The molecule has 3 N–H and O–H groups in total. The van der Waals surface area contributed by atoms with Gasteiger partial charge in [0.05, 0.1) is 24.9 Å². The fourth-order valence-corrected chi connectivity index (χ4v) is 4.03. The highest BCUT2D eigenvalue weighted by Gasteiger charge is 2.48. The maximum absolute atomic E-state index is 14.2. The van der Waals surface area contributed by atoms with Gasteiger partial charge in [0.1, 0.15) is 12.4 Å². The summed E-state index contributed by atoms with van der Waals surface area (Å²) in [5, 5.41) is 8.09. The van der Waals surface area contributed by atoms with Crippen molar-refractivity contribution in [2.75, 3.05) is 19.0 Å². The molecule has 0 aliphatic carbocycles. The molecule has 0 unspecified atom stereocenters. The Kier molecular flexibility index (Phi) is 11.8. The molecule has 0 saturated heterocycles. The highest BCUT2D eigenvalue weighted by molar-refractivity contribution is 7.80. The number of thiocarbonyl (C=S) groups is 1. The first-order valence-electron chi connectivity index (χ1n) is 11.9. The second-order valence-corrected chi connectivity index (χ2v) is 8.87. The number of nitrogens with one attached hydrogen (secondary N) is 3. The molecule has 1 aliphatic heterocycles. The average molecular weight is 584 g/mol. The van der Waals surface area contributed by atoms with Gasteiger partial charge in [0.2, 0.25) is 11.7 Å². The van der Waals surface area contributed by atoms with Gasteiger partial charge in [0.15, 0.2) is 23.4 Å². The number of carbonyl (C=O) groups is 5. The molecule has 1 aromatic rings. The number of ether oxygens (including phenoxy) is 5. The zero-order valence-electron chi connectivity index (χ0n) is 22.3. The summed E-state index contributed by atoms with van der Waals surface area (Å²) in [7, 11) is 1.10. The number of para-hydroxylation sites is 1. The number of amides is 1. The third-order valence-corrected chi connectivity index (χ3v) is 5.49. The number of hydrogen-bond donors (Lipinski definition) is 3. The maximum Gasteiger partial charge on any atom is 0.373 e. The molecule has 1 amide bonds. The van der Waals surface area contributed by atoms with E-state index in [4.69, 9.17) is 35.9 Å². The summed E-state index contributed by atoms with van der Waals surface area (Å²) in [5.41, 5.74) is 0.0472. The van der Waals surface area contributed by atoms with E-state index in [9.17, 15) is 28.4 Å². The van der Waals surface area contributed by atoms with Gasteiger partial charge in [-0.3, -0.25) is 19.2 Å². The third kappa shape index (κ3) is 9.48. The topological polar surface area (TPSA) is 168 Å². The summed E-state index contributed by atoms with van der Waals surface area (Å²) in [6.07, 6.45) is -3.12. The largest absolute Gasteiger partial charge is 0.477 e. The number of anilines is 1. The fraction of sp³-hybridized carbons (Fsp3) is 0.440. The van der Waals surface area contributed by atoms with Crippen molar-refractivity contribution in [3.63, 3.8) is 0 Å². The number of carbonyl (C=O) groups excluding carboxylic acids is 5. The highest BCUT2D eigenvalue weighted by Crippen LogP contribution is 2.27. The Morgan fingerprint density at radius 3 is 2.20 bits per heavy atom. The van der Waals surface area contributed by atoms with Gasteiger partial charge in [-0.15, -0.1) is 0 Å². The summed E-state index contributed by atoms with van der Waals surface area (Å²) >= 11 is 5.33. The molecule has 40 heavy (non-hydrogen) atoms. The average Bonchev–Trinajstić information content (AvgIpc) is 2.86. The van der Waals surface area contributed by atoms with Crippen molar-refractivity contribution in [3.8, 4) is 0 Å². The van der Waals surface area contributed by atoms with Gasteiger partial charge in [-0.25, -0.2) is 9.18 Å². The first-order chi connectivity index (χ1) is 18.8. The molecule has 0 bridgehead atoms. The fourth-order valence-electron chi connectivity index (χ4n) is 3.78. The summed E-state index contributed by atoms with van der Waals surface area (Å²) in [6.45, 7) is 3.91. The van der Waals surface area contributed by atoms with Crippen molar-refractivity contribution in [2.45, 2.75) is 58.1 Å². The minimum atomic E-state index is -1.52. The Balaban J connectivity index is 2.56. The van der Waals surface area contributed by atoms with Crippen LogP contribution in [0.25, 0.3) is 0 Å². The van der Waals surface area contributed by atoms with Gasteiger partial charge >= 0.3 is 23.9 Å². The van der Waals surface area contributed by atoms with Crippen LogP contribution in [0, 0.1) is 5.82 Å². The Bertz CT molecular complexity index is 1180. The number of esters is 4. The normalized spacial score (nSPS) is 19.4. The van der Waals surface area contributed by atoms with Crippen LogP contribution in [-0.2, 0) is 47.7 Å². The minimum absolute atomic E-state index is 0.0472. The molecule has 0 fully saturated rings. The Labute approximate surface area is 234 Å². The highest BCUT2D eigenvalue weighted by atomic mass is 32.1. The van der Waals surface area contributed by atoms with E-state index in [0.717, 1.165) is 27.9 Å². The zero-order valence-corrected chi connectivity index (χ0v) is 23.2. The first-order valence-corrected chi connectivity index (χ1v) is 12.3. The number of hydrogen-bond acceptors (Lipinski definition) is 11. The molecule has 0 saturated carbocycles. The van der Waals surface area contributed by atoms with E-state index >= 15 is 0 Å². The van der Waals surface area contributed by atoms with Crippen LogP contribution in [0.15, 0.2) is 36.1 Å². The molecular weight excluding hydrogens is 553 g/mol. The quantitative estimate of drug-likeness (QED) is 0.202. The van der Waals surface area contributed by atoms with Crippen LogP contribution >= 0.6 is 12.2 Å². The summed E-state index contributed by atoms with van der Waals surface area (Å²) in [4.78, 5) is 60.3. The molecule has 0 spiro atoms. The van der Waals surface area contributed by atoms with E-state index in [1.807, 2.05) is 0 Å². The van der Waals surface area contributed by atoms with Crippen molar-refractivity contribution < 1.29 is 52.0 Å². The van der Waals surface area contributed by atoms with Gasteiger partial charge in [0, 0.05) is 27.7 Å². The van der Waals surface area contributed by atoms with Crippen molar-refractivity contribution in [2.24, 2.45) is 0 Å². The zero-order chi connectivity index (χ0) is 30.0. The lowest BCUT2D eigenvalue weighted by atomic mass is 9.91. The van der Waals surface area contributed by atoms with Gasteiger partial charge in [-0.1, -0.05) is 12.1 Å². The molecule has 5 atom stereocenters. The minimum Gasteiger partial charge on any atom is -0.477 e. The van der Waals surface area contributed by atoms with E-state index in [2.05, 4.69) is 16.0 Å². The van der Waals surface area contributed by atoms with E-state index in [0.29, 0.717) is 0 Å². The van der Waals surface area contributed by atoms with Gasteiger partial charge in [0.25, 0.3) is 0 Å². The summed E-state index contributed by atoms with van der Waals surface area (Å²) in [6, 6.07) is 3.53. The van der Waals surface area contributed by atoms with Crippen LogP contribution in [0.2, 0.25) is 0 Å². The van der Waals surface area contributed by atoms with E-state index in [-0.39, 0.29) is 16.6 Å². The first kappa shape index (κ1) is 31.9. The van der Waals surface area contributed by atoms with Crippen molar-refractivity contribution in [3.05, 3.63) is 41.9 Å². The molecular formula is C25H30FN3O10S. The van der Waals surface area contributed by atoms with Crippen LogP contribution in [0.1, 0.15) is 27.7 Å². The van der Waals surface area contributed by atoms with Gasteiger partial charge in [-0.2, -0.15) is 0 Å². The maximum atomic E-state index is 14.2. The SMILES string of the molecule is COC(=O)C1=C[C@H](NC(=S)Nc2ccccc2F)[C@@H](NC(C)=O)[C@H]([C@H](OC(C)=O)[C@@H](COC(C)=O)OC(C)=O)O1. The lowest BCUT2D eigenvalue weighted by Crippen LogP contribution is -2.64. The smallest absolute Gasteiger partial charge is 0.373 e. The summed E-state index contributed by atoms with van der Waals surface area (Å²) in [5.74, 6) is -4.83. The van der Waals surface area contributed by atoms with Crippen LogP contribution in [0.4, 0.5) is 10.1 Å². The van der Waals surface area contributed by atoms with Crippen molar-refractivity contribution in [1.29, 1.82) is 0 Å². The lowest BCUT2D eigenvalue weighted by molar-refractivity contribution is -0.188. The number of benzene rings is 1. The Morgan fingerprint density at radius 2 is 1.65 bits per heavy atom. The predicted octanol–water partition coefficient (Wildman–Crippen LogP) is 0.868. The van der Waals surface area contributed by atoms with Crippen LogP contribution in [0.5, 0.6) is 0 Å². The number of rotatable bonds is 10. The Hall–Kier alpha value is -4.27. The predicted molar refractivity (Wildman–Crippen MR) is 140 cm³/mol. The number of halogens is 1. The van der Waals surface area contributed by atoms with E-state index in [1.165, 1.54) is 31.2 Å². The monoisotopic (exact) mass is 583 g/mol. The molecule has 13 nitrogen and oxygen atoms in total. The van der Waals surface area contributed by atoms with Crippen molar-refractivity contribution >= 4 is 52.8 Å². The van der Waals surface area contributed by atoms with E-state index < -0.39 is 72.6 Å². The molecule has 0 aromatic heterocycles. The second kappa shape index (κ2) is 14.8. The molecule has 15 heteroatoms. The van der Waals surface area contributed by atoms with Crippen LogP contribution in [-0.4, -0.2) is 79.0 Å². The number of methoxy groups -OCH3 is 1.